The number of anilines is 1. The lowest BCUT2D eigenvalue weighted by atomic mass is 10.1. The van der Waals surface area contributed by atoms with Crippen LogP contribution in [-0.2, 0) is 21.4 Å². The van der Waals surface area contributed by atoms with Gasteiger partial charge in [0.15, 0.2) is 0 Å². The van der Waals surface area contributed by atoms with Gasteiger partial charge in [0.1, 0.15) is 6.54 Å². The Kier molecular flexibility index (Phi) is 7.03. The van der Waals surface area contributed by atoms with Gasteiger partial charge in [-0.3, -0.25) is 9.10 Å². The Labute approximate surface area is 188 Å². The molecule has 0 saturated carbocycles. The molecule has 162 valence electrons. The lowest BCUT2D eigenvalue weighted by Crippen LogP contribution is -2.41. The number of hydrogen-bond donors (Lipinski definition) is 1. The Morgan fingerprint density at radius 1 is 0.935 bits per heavy atom. The SMILES string of the molecule is Cc1ccc(S(=O)(=O)N(CC(=O)NCc2ccccc2C)c2cccc(Cl)c2C)cc1. The number of nitrogens with zero attached hydrogens (tertiary/aromatic N) is 1. The quantitative estimate of drug-likeness (QED) is 0.556. The highest BCUT2D eigenvalue weighted by Crippen LogP contribution is 2.30. The van der Waals surface area contributed by atoms with Crippen molar-refractivity contribution < 1.29 is 13.2 Å². The van der Waals surface area contributed by atoms with Crippen LogP contribution in [-0.4, -0.2) is 20.9 Å². The van der Waals surface area contributed by atoms with Crippen LogP contribution in [0.3, 0.4) is 0 Å². The molecule has 1 amide bonds. The van der Waals surface area contributed by atoms with E-state index in [0.29, 0.717) is 22.8 Å². The van der Waals surface area contributed by atoms with Crippen LogP contribution in [0.2, 0.25) is 5.02 Å². The smallest absolute Gasteiger partial charge is 0.264 e. The van der Waals surface area contributed by atoms with Gasteiger partial charge in [-0.15, -0.1) is 0 Å². The molecule has 3 rings (SSSR count). The van der Waals surface area contributed by atoms with Crippen molar-refractivity contribution in [1.82, 2.24) is 5.32 Å². The Morgan fingerprint density at radius 2 is 1.61 bits per heavy atom. The zero-order chi connectivity index (χ0) is 22.6. The molecular formula is C24H25ClN2O3S. The second kappa shape index (κ2) is 9.54. The molecule has 0 aliphatic rings. The average molecular weight is 457 g/mol. The second-order valence-corrected chi connectivity index (χ2v) is 9.68. The fourth-order valence-electron chi connectivity index (χ4n) is 3.19. The van der Waals surface area contributed by atoms with E-state index >= 15 is 0 Å². The summed E-state index contributed by atoms with van der Waals surface area (Å²) in [5, 5.41) is 3.26. The van der Waals surface area contributed by atoms with Crippen LogP contribution in [0, 0.1) is 20.8 Å². The van der Waals surface area contributed by atoms with Gasteiger partial charge in [0, 0.05) is 11.6 Å². The van der Waals surface area contributed by atoms with E-state index in [9.17, 15) is 13.2 Å². The molecule has 0 bridgehead atoms. The van der Waals surface area contributed by atoms with Crippen LogP contribution in [0.25, 0.3) is 0 Å². The molecule has 0 fully saturated rings. The lowest BCUT2D eigenvalue weighted by molar-refractivity contribution is -0.119. The molecule has 0 spiro atoms. The summed E-state index contributed by atoms with van der Waals surface area (Å²) in [7, 11) is -3.98. The van der Waals surface area contributed by atoms with Gasteiger partial charge in [0.25, 0.3) is 10.0 Å². The highest BCUT2D eigenvalue weighted by atomic mass is 35.5. The van der Waals surface area contributed by atoms with E-state index in [2.05, 4.69) is 5.32 Å². The highest BCUT2D eigenvalue weighted by Gasteiger charge is 2.28. The number of amides is 1. The maximum Gasteiger partial charge on any atom is 0.264 e. The third kappa shape index (κ3) is 5.27. The van der Waals surface area contributed by atoms with Crippen LogP contribution in [0.5, 0.6) is 0 Å². The van der Waals surface area contributed by atoms with Gasteiger partial charge >= 0.3 is 0 Å². The summed E-state index contributed by atoms with van der Waals surface area (Å²) in [6.07, 6.45) is 0. The molecular weight excluding hydrogens is 432 g/mol. The number of carbonyl (C=O) groups excluding carboxylic acids is 1. The van der Waals surface area contributed by atoms with E-state index in [-0.39, 0.29) is 11.4 Å². The molecule has 0 radical (unpaired) electrons. The van der Waals surface area contributed by atoms with Crippen LogP contribution in [0.4, 0.5) is 5.69 Å². The summed E-state index contributed by atoms with van der Waals surface area (Å²) in [6, 6.07) is 19.3. The Bertz CT molecular complexity index is 1190. The first-order valence-electron chi connectivity index (χ1n) is 9.86. The number of halogens is 1. The zero-order valence-electron chi connectivity index (χ0n) is 17.7. The summed E-state index contributed by atoms with van der Waals surface area (Å²) >= 11 is 6.25. The molecule has 7 heteroatoms. The summed E-state index contributed by atoms with van der Waals surface area (Å²) in [4.78, 5) is 12.9. The summed E-state index contributed by atoms with van der Waals surface area (Å²) in [5.74, 6) is -0.404. The molecule has 0 saturated heterocycles. The first-order chi connectivity index (χ1) is 14.7. The van der Waals surface area contributed by atoms with Crippen molar-refractivity contribution in [3.05, 3.63) is 94.0 Å². The topological polar surface area (TPSA) is 66.5 Å². The summed E-state index contributed by atoms with van der Waals surface area (Å²) in [5.41, 5.74) is 3.94. The largest absolute Gasteiger partial charge is 0.350 e. The van der Waals surface area contributed by atoms with E-state index < -0.39 is 15.9 Å². The first kappa shape index (κ1) is 22.8. The predicted molar refractivity (Wildman–Crippen MR) is 125 cm³/mol. The van der Waals surface area contributed by atoms with Gasteiger partial charge in [-0.25, -0.2) is 8.42 Å². The van der Waals surface area contributed by atoms with Crippen molar-refractivity contribution >= 4 is 33.2 Å². The van der Waals surface area contributed by atoms with Gasteiger partial charge in [0.2, 0.25) is 5.91 Å². The van der Waals surface area contributed by atoms with Gasteiger partial charge < -0.3 is 5.32 Å². The molecule has 0 aliphatic heterocycles. The number of aryl methyl sites for hydroxylation is 2. The number of benzene rings is 3. The minimum Gasteiger partial charge on any atom is -0.350 e. The van der Waals surface area contributed by atoms with Crippen molar-refractivity contribution in [2.45, 2.75) is 32.2 Å². The molecule has 0 aromatic heterocycles. The van der Waals surface area contributed by atoms with Crippen LogP contribution >= 0.6 is 11.6 Å². The summed E-state index contributed by atoms with van der Waals surface area (Å²) < 4.78 is 28.1. The van der Waals surface area contributed by atoms with E-state index in [1.165, 1.54) is 0 Å². The maximum absolute atomic E-state index is 13.5. The van der Waals surface area contributed by atoms with Gasteiger partial charge in [-0.1, -0.05) is 59.6 Å². The lowest BCUT2D eigenvalue weighted by Gasteiger charge is -2.26. The first-order valence-corrected chi connectivity index (χ1v) is 11.7. The third-order valence-corrected chi connectivity index (χ3v) is 7.32. The Balaban J connectivity index is 1.92. The standard InChI is InChI=1S/C24H25ClN2O3S/c1-17-11-13-21(14-12-17)31(29,30)27(23-10-6-9-22(25)19(23)3)16-24(28)26-15-20-8-5-4-7-18(20)2/h4-14H,15-16H2,1-3H3,(H,26,28). The molecule has 1 N–H and O–H groups in total. The monoisotopic (exact) mass is 456 g/mol. The van der Waals surface area contributed by atoms with Crippen molar-refractivity contribution in [1.29, 1.82) is 0 Å². The number of hydrogen-bond acceptors (Lipinski definition) is 3. The van der Waals surface area contributed by atoms with Crippen molar-refractivity contribution in [2.24, 2.45) is 0 Å². The predicted octanol–water partition coefficient (Wildman–Crippen LogP) is 4.78. The number of sulfonamides is 1. The van der Waals surface area contributed by atoms with E-state index in [0.717, 1.165) is 21.0 Å². The fraction of sp³-hybridized carbons (Fsp3) is 0.208. The molecule has 0 unspecified atom stereocenters. The fourth-order valence-corrected chi connectivity index (χ4v) is 4.84. The van der Waals surface area contributed by atoms with E-state index in [1.807, 2.05) is 38.1 Å². The average Bonchev–Trinajstić information content (AvgIpc) is 2.74. The van der Waals surface area contributed by atoms with Crippen molar-refractivity contribution in [3.8, 4) is 0 Å². The van der Waals surface area contributed by atoms with Crippen LogP contribution in [0.15, 0.2) is 71.6 Å². The molecule has 3 aromatic carbocycles. The number of rotatable bonds is 7. The third-order valence-electron chi connectivity index (χ3n) is 5.14. The van der Waals surface area contributed by atoms with Crippen molar-refractivity contribution in [3.63, 3.8) is 0 Å². The molecule has 3 aromatic rings. The normalized spacial score (nSPS) is 11.2. The van der Waals surface area contributed by atoms with Crippen LogP contribution < -0.4 is 9.62 Å². The van der Waals surface area contributed by atoms with Gasteiger partial charge in [-0.2, -0.15) is 0 Å². The van der Waals surface area contributed by atoms with E-state index in [1.54, 1.807) is 49.4 Å². The summed E-state index contributed by atoms with van der Waals surface area (Å²) in [6.45, 7) is 5.54. The van der Waals surface area contributed by atoms with Crippen LogP contribution in [0.1, 0.15) is 22.3 Å². The minimum absolute atomic E-state index is 0.115. The Morgan fingerprint density at radius 3 is 2.29 bits per heavy atom. The van der Waals surface area contributed by atoms with E-state index in [4.69, 9.17) is 11.6 Å². The Hall–Kier alpha value is -2.83. The second-order valence-electron chi connectivity index (χ2n) is 7.41. The van der Waals surface area contributed by atoms with Gasteiger partial charge in [-0.05, 0) is 61.7 Å². The zero-order valence-corrected chi connectivity index (χ0v) is 19.3. The minimum atomic E-state index is -3.98. The molecule has 0 heterocycles. The molecule has 31 heavy (non-hydrogen) atoms. The maximum atomic E-state index is 13.5. The van der Waals surface area contributed by atoms with Crippen molar-refractivity contribution in [2.75, 3.05) is 10.8 Å². The molecule has 5 nitrogen and oxygen atoms in total. The number of nitrogens with one attached hydrogen (secondary N) is 1. The molecule has 0 atom stereocenters. The highest BCUT2D eigenvalue weighted by molar-refractivity contribution is 7.92. The number of carbonyl (C=O) groups is 1. The van der Waals surface area contributed by atoms with Gasteiger partial charge in [0.05, 0.1) is 10.6 Å². The molecule has 0 aliphatic carbocycles.